The number of nitrogens with one attached hydrogen (secondary N) is 1. The van der Waals surface area contributed by atoms with Crippen molar-refractivity contribution in [2.45, 2.75) is 53.0 Å². The Hall–Kier alpha value is -4.32. The fraction of sp³-hybridized carbons (Fsp3) is 0.314. The van der Waals surface area contributed by atoms with Gasteiger partial charge in [-0.25, -0.2) is 0 Å². The van der Waals surface area contributed by atoms with Crippen LogP contribution in [0.3, 0.4) is 0 Å². The van der Waals surface area contributed by atoms with Gasteiger partial charge in [0.1, 0.15) is 5.75 Å². The van der Waals surface area contributed by atoms with Crippen molar-refractivity contribution in [3.63, 3.8) is 0 Å². The van der Waals surface area contributed by atoms with Crippen molar-refractivity contribution < 1.29 is 19.1 Å². The normalized spacial score (nSPS) is 12.4. The van der Waals surface area contributed by atoms with E-state index in [1.807, 2.05) is 19.1 Å². The van der Waals surface area contributed by atoms with E-state index in [4.69, 9.17) is 9.47 Å². The van der Waals surface area contributed by atoms with Crippen LogP contribution in [0.5, 0.6) is 5.75 Å². The maximum Gasteiger partial charge on any atom is 0.305 e. The minimum absolute atomic E-state index is 0.233. The molecular weight excluding hydrogens is 512 g/mol. The number of allylic oxidation sites excluding steroid dienone is 1. The Morgan fingerprint density at radius 3 is 2.49 bits per heavy atom. The first kappa shape index (κ1) is 29.7. The Morgan fingerprint density at radius 2 is 1.73 bits per heavy atom. The first-order chi connectivity index (χ1) is 19.9. The van der Waals surface area contributed by atoms with Gasteiger partial charge in [0.05, 0.1) is 24.9 Å². The fourth-order valence-corrected chi connectivity index (χ4v) is 4.99. The molecule has 0 saturated heterocycles. The number of carbonyl (C=O) groups is 2. The van der Waals surface area contributed by atoms with E-state index in [9.17, 15) is 9.59 Å². The van der Waals surface area contributed by atoms with Crippen LogP contribution in [0.1, 0.15) is 64.1 Å². The summed E-state index contributed by atoms with van der Waals surface area (Å²) in [5.74, 6) is 0.650. The van der Waals surface area contributed by atoms with E-state index in [0.29, 0.717) is 43.4 Å². The van der Waals surface area contributed by atoms with Crippen molar-refractivity contribution in [1.82, 2.24) is 4.57 Å². The van der Waals surface area contributed by atoms with E-state index >= 15 is 0 Å². The quantitative estimate of drug-likeness (QED) is 0.104. The number of rotatable bonds is 13. The first-order valence-electron chi connectivity index (χ1n) is 14.4. The van der Waals surface area contributed by atoms with E-state index in [-0.39, 0.29) is 17.9 Å². The number of hydrogen-bond donors (Lipinski definition) is 1. The van der Waals surface area contributed by atoms with Crippen LogP contribution >= 0.6 is 0 Å². The van der Waals surface area contributed by atoms with Crippen LogP contribution in [0.2, 0.25) is 0 Å². The SMILES string of the molecule is CCOC(=O)CCCOc1ccccc1NC(=O)/C=C(\C)c1ccc2c(ccn2C(CC(C)C)c2ccccc2)c1. The summed E-state index contributed by atoms with van der Waals surface area (Å²) in [4.78, 5) is 24.5. The summed E-state index contributed by atoms with van der Waals surface area (Å²) in [7, 11) is 0. The highest BCUT2D eigenvalue weighted by atomic mass is 16.5. The van der Waals surface area contributed by atoms with Crippen molar-refractivity contribution in [1.29, 1.82) is 0 Å². The lowest BCUT2D eigenvalue weighted by molar-refractivity contribution is -0.143. The van der Waals surface area contributed by atoms with Gasteiger partial charge >= 0.3 is 5.97 Å². The number of nitrogens with zero attached hydrogens (tertiary/aromatic N) is 1. The molecule has 0 aliphatic heterocycles. The Balaban J connectivity index is 1.46. The smallest absolute Gasteiger partial charge is 0.305 e. The second kappa shape index (κ2) is 14.4. The molecule has 1 amide bonds. The number of hydrogen-bond acceptors (Lipinski definition) is 4. The average Bonchev–Trinajstić information content (AvgIpc) is 3.38. The third kappa shape index (κ3) is 8.10. The third-order valence-corrected chi connectivity index (χ3v) is 6.97. The summed E-state index contributed by atoms with van der Waals surface area (Å²) in [6.45, 7) is 8.97. The lowest BCUT2D eigenvalue weighted by atomic mass is 9.96. The van der Waals surface area contributed by atoms with Gasteiger partial charge in [0.2, 0.25) is 5.91 Å². The molecule has 0 saturated carbocycles. The van der Waals surface area contributed by atoms with E-state index in [1.54, 1.807) is 25.1 Å². The van der Waals surface area contributed by atoms with Crippen molar-refractivity contribution in [2.75, 3.05) is 18.5 Å². The van der Waals surface area contributed by atoms with Gasteiger partial charge in [-0.3, -0.25) is 9.59 Å². The molecule has 4 aromatic rings. The number of carbonyl (C=O) groups excluding carboxylic acids is 2. The molecule has 4 rings (SSSR count). The van der Waals surface area contributed by atoms with Gasteiger partial charge in [-0.05, 0) is 79.6 Å². The largest absolute Gasteiger partial charge is 0.491 e. The molecule has 1 heterocycles. The molecule has 41 heavy (non-hydrogen) atoms. The molecule has 1 atom stereocenters. The molecule has 0 radical (unpaired) electrons. The molecule has 1 aromatic heterocycles. The highest BCUT2D eigenvalue weighted by molar-refractivity contribution is 6.04. The van der Waals surface area contributed by atoms with Crippen LogP contribution in [-0.4, -0.2) is 29.7 Å². The summed E-state index contributed by atoms with van der Waals surface area (Å²) < 4.78 is 13.2. The summed E-state index contributed by atoms with van der Waals surface area (Å²) in [5, 5.41) is 4.08. The van der Waals surface area contributed by atoms with Gasteiger partial charge in [-0.2, -0.15) is 0 Å². The Labute approximate surface area is 243 Å². The molecule has 0 fully saturated rings. The van der Waals surface area contributed by atoms with Crippen LogP contribution in [-0.2, 0) is 14.3 Å². The molecular formula is C35H40N2O4. The minimum Gasteiger partial charge on any atom is -0.491 e. The van der Waals surface area contributed by atoms with E-state index < -0.39 is 0 Å². The van der Waals surface area contributed by atoms with Crippen LogP contribution in [0.25, 0.3) is 16.5 Å². The summed E-state index contributed by atoms with van der Waals surface area (Å²) >= 11 is 0. The number of aromatic nitrogens is 1. The van der Waals surface area contributed by atoms with Crippen molar-refractivity contribution in [3.8, 4) is 5.75 Å². The Kier molecular flexibility index (Phi) is 10.4. The maximum absolute atomic E-state index is 12.9. The molecule has 0 aliphatic rings. The minimum atomic E-state index is -0.236. The van der Waals surface area contributed by atoms with Crippen LogP contribution in [0.15, 0.2) is 91.1 Å². The number of ether oxygens (including phenoxy) is 2. The second-order valence-electron chi connectivity index (χ2n) is 10.6. The second-order valence-corrected chi connectivity index (χ2v) is 10.6. The Morgan fingerprint density at radius 1 is 0.976 bits per heavy atom. The number of esters is 1. The van der Waals surface area contributed by atoms with Gasteiger partial charge in [-0.15, -0.1) is 0 Å². The number of fused-ring (bicyclic) bond motifs is 1. The molecule has 1 N–H and O–H groups in total. The van der Waals surface area contributed by atoms with Crippen LogP contribution in [0.4, 0.5) is 5.69 Å². The topological polar surface area (TPSA) is 69.6 Å². The highest BCUT2D eigenvalue weighted by Gasteiger charge is 2.17. The zero-order chi connectivity index (χ0) is 29.2. The molecule has 0 spiro atoms. The average molecular weight is 553 g/mol. The number of amides is 1. The third-order valence-electron chi connectivity index (χ3n) is 6.97. The highest BCUT2D eigenvalue weighted by Crippen LogP contribution is 2.32. The number of para-hydroxylation sites is 2. The standard InChI is InChI=1S/C35H40N2O4/c1-5-40-35(39)16-11-21-41-33-15-10-9-14-30(33)36-34(38)23-26(4)28-17-18-31-29(24-28)19-20-37(31)32(22-25(2)3)27-12-7-6-8-13-27/h6-10,12-15,17-20,23-25,32H,5,11,16,21-22H2,1-4H3,(H,36,38)/b26-23+. The zero-order valence-electron chi connectivity index (χ0n) is 24.4. The maximum atomic E-state index is 12.9. The van der Waals surface area contributed by atoms with Gasteiger partial charge in [0.25, 0.3) is 0 Å². The molecule has 214 valence electrons. The van der Waals surface area contributed by atoms with Crippen LogP contribution in [0, 0.1) is 5.92 Å². The van der Waals surface area contributed by atoms with E-state index in [2.05, 4.69) is 84.5 Å². The van der Waals surface area contributed by atoms with Crippen molar-refractivity contribution in [2.24, 2.45) is 5.92 Å². The molecule has 1 unspecified atom stereocenters. The van der Waals surface area contributed by atoms with E-state index in [0.717, 1.165) is 22.9 Å². The first-order valence-corrected chi connectivity index (χ1v) is 14.4. The van der Waals surface area contributed by atoms with Gasteiger partial charge < -0.3 is 19.4 Å². The predicted molar refractivity (Wildman–Crippen MR) is 166 cm³/mol. The molecule has 6 heteroatoms. The van der Waals surface area contributed by atoms with Gasteiger partial charge in [-0.1, -0.05) is 62.4 Å². The summed E-state index contributed by atoms with van der Waals surface area (Å²) in [6.07, 6.45) is 5.66. The predicted octanol–water partition coefficient (Wildman–Crippen LogP) is 8.04. The summed E-state index contributed by atoms with van der Waals surface area (Å²) in [5.41, 5.74) is 4.93. The lowest BCUT2D eigenvalue weighted by Crippen LogP contribution is -2.12. The van der Waals surface area contributed by atoms with Crippen molar-refractivity contribution in [3.05, 3.63) is 102 Å². The Bertz CT molecular complexity index is 1490. The number of anilines is 1. The summed E-state index contributed by atoms with van der Waals surface area (Å²) in [6, 6.07) is 26.7. The molecule has 0 aliphatic carbocycles. The van der Waals surface area contributed by atoms with Crippen molar-refractivity contribution >= 4 is 34.0 Å². The van der Waals surface area contributed by atoms with Crippen LogP contribution < -0.4 is 10.1 Å². The van der Waals surface area contributed by atoms with Gasteiger partial charge in [0.15, 0.2) is 0 Å². The number of benzene rings is 3. The van der Waals surface area contributed by atoms with Gasteiger partial charge in [0, 0.05) is 29.6 Å². The molecule has 0 bridgehead atoms. The van der Waals surface area contributed by atoms with E-state index in [1.165, 1.54) is 11.1 Å². The monoisotopic (exact) mass is 552 g/mol. The molecule has 6 nitrogen and oxygen atoms in total. The fourth-order valence-electron chi connectivity index (χ4n) is 4.99. The zero-order valence-corrected chi connectivity index (χ0v) is 24.4. The lowest BCUT2D eigenvalue weighted by Gasteiger charge is -2.23. The molecule has 3 aromatic carbocycles.